The summed E-state index contributed by atoms with van der Waals surface area (Å²) in [5, 5.41) is 10.2. The van der Waals surface area contributed by atoms with Gasteiger partial charge in [-0.2, -0.15) is 4.98 Å². The molecule has 11 heteroatoms. The van der Waals surface area contributed by atoms with Crippen LogP contribution in [0.1, 0.15) is 44.2 Å². The number of fused-ring (bicyclic) bond motifs is 1. The van der Waals surface area contributed by atoms with Gasteiger partial charge in [-0.15, -0.1) is 0 Å². The number of allylic oxidation sites excluding steroid dienone is 1. The molecule has 4 aliphatic rings. The summed E-state index contributed by atoms with van der Waals surface area (Å²) in [5.41, 5.74) is 13.8. The number of hydrogen-bond acceptors (Lipinski definition) is 8. The molecule has 40 heavy (non-hydrogen) atoms. The summed E-state index contributed by atoms with van der Waals surface area (Å²) in [7, 11) is 1.65. The number of carbonyl (C=O) groups excluding carboxylic acids is 2. The minimum absolute atomic E-state index is 0.00354. The molecule has 2 saturated carbocycles. The van der Waals surface area contributed by atoms with E-state index < -0.39 is 5.54 Å². The molecular formula is C29H36ClN7O3. The first kappa shape index (κ1) is 26.8. The molecule has 2 unspecified atom stereocenters. The summed E-state index contributed by atoms with van der Waals surface area (Å²) in [6.07, 6.45) is 10.2. The zero-order chi connectivity index (χ0) is 28.4. The van der Waals surface area contributed by atoms with E-state index >= 15 is 0 Å². The van der Waals surface area contributed by atoms with Crippen LogP contribution in [0.4, 0.5) is 17.5 Å². The molecule has 0 bridgehead atoms. The van der Waals surface area contributed by atoms with Gasteiger partial charge in [0.05, 0.1) is 30.5 Å². The van der Waals surface area contributed by atoms with Crippen LogP contribution in [0.2, 0.25) is 5.02 Å². The molecule has 2 aromatic rings. The van der Waals surface area contributed by atoms with Crippen molar-refractivity contribution < 1.29 is 14.3 Å². The quantitative estimate of drug-likeness (QED) is 0.241. The molecule has 212 valence electrons. The van der Waals surface area contributed by atoms with Gasteiger partial charge in [-0.1, -0.05) is 29.8 Å². The van der Waals surface area contributed by atoms with E-state index in [1.54, 1.807) is 27.2 Å². The Labute approximate surface area is 238 Å². The number of methoxy groups -OCH3 is 1. The summed E-state index contributed by atoms with van der Waals surface area (Å²) in [4.78, 5) is 33.8. The molecule has 6 atom stereocenters. The van der Waals surface area contributed by atoms with Crippen molar-refractivity contribution in [3.8, 4) is 5.75 Å². The van der Waals surface area contributed by atoms with Crippen molar-refractivity contribution in [2.45, 2.75) is 63.6 Å². The number of rotatable bonds is 8. The zero-order valence-corrected chi connectivity index (χ0v) is 23.7. The second kappa shape index (κ2) is 9.62. The third-order valence-electron chi connectivity index (χ3n) is 9.13. The first-order valence-corrected chi connectivity index (χ1v) is 14.2. The van der Waals surface area contributed by atoms with Crippen LogP contribution >= 0.6 is 11.6 Å². The number of primary amides is 1. The van der Waals surface area contributed by atoms with E-state index in [0.717, 1.165) is 48.2 Å². The van der Waals surface area contributed by atoms with Crippen molar-refractivity contribution in [3.63, 3.8) is 0 Å². The molecule has 2 fully saturated rings. The summed E-state index contributed by atoms with van der Waals surface area (Å²) < 4.78 is 5.86. The van der Waals surface area contributed by atoms with Gasteiger partial charge >= 0.3 is 0 Å². The van der Waals surface area contributed by atoms with Gasteiger partial charge in [0.15, 0.2) is 5.82 Å². The van der Waals surface area contributed by atoms with Crippen molar-refractivity contribution in [2.75, 3.05) is 17.7 Å². The van der Waals surface area contributed by atoms with Gasteiger partial charge in [0.25, 0.3) is 0 Å². The lowest BCUT2D eigenvalue weighted by molar-refractivity contribution is -0.131. The van der Waals surface area contributed by atoms with Crippen molar-refractivity contribution >= 4 is 40.9 Å². The van der Waals surface area contributed by atoms with E-state index in [2.05, 4.69) is 44.1 Å². The maximum atomic E-state index is 12.5. The van der Waals surface area contributed by atoms with Gasteiger partial charge in [0.2, 0.25) is 17.8 Å². The Hall–Kier alpha value is -3.37. The van der Waals surface area contributed by atoms with Crippen LogP contribution in [0, 0.1) is 23.2 Å². The second-order valence-corrected chi connectivity index (χ2v) is 12.6. The molecule has 1 aromatic heterocycles. The second-order valence-electron chi connectivity index (χ2n) is 12.2. The monoisotopic (exact) mass is 565 g/mol. The maximum absolute atomic E-state index is 12.5. The smallest absolute Gasteiger partial charge is 0.239 e. The fourth-order valence-electron chi connectivity index (χ4n) is 7.10. The Kier molecular flexibility index (Phi) is 6.46. The summed E-state index contributed by atoms with van der Waals surface area (Å²) in [5.74, 6) is 1.53. The first-order valence-electron chi connectivity index (χ1n) is 13.8. The predicted octanol–water partition coefficient (Wildman–Crippen LogP) is 3.07. The van der Waals surface area contributed by atoms with Gasteiger partial charge < -0.3 is 32.2 Å². The number of nitrogens with two attached hydrogens (primary N) is 2. The number of hydrogen-bond donors (Lipinski definition) is 5. The maximum Gasteiger partial charge on any atom is 0.239 e. The predicted molar refractivity (Wildman–Crippen MR) is 153 cm³/mol. The van der Waals surface area contributed by atoms with E-state index in [9.17, 15) is 9.59 Å². The zero-order valence-electron chi connectivity index (χ0n) is 23.0. The number of benzene rings is 1. The Morgan fingerprint density at radius 2 is 2.05 bits per heavy atom. The van der Waals surface area contributed by atoms with Crippen LogP contribution in [0.5, 0.6) is 5.75 Å². The Balaban J connectivity index is 1.21. The Morgan fingerprint density at radius 1 is 1.25 bits per heavy atom. The lowest BCUT2D eigenvalue weighted by Crippen LogP contribution is -2.60. The van der Waals surface area contributed by atoms with Gasteiger partial charge in [-0.3, -0.25) is 9.59 Å². The minimum Gasteiger partial charge on any atom is -0.494 e. The van der Waals surface area contributed by atoms with E-state index in [4.69, 9.17) is 27.8 Å². The van der Waals surface area contributed by atoms with Crippen molar-refractivity contribution in [3.05, 3.63) is 46.6 Å². The lowest BCUT2D eigenvalue weighted by atomic mass is 9.58. The number of aromatic nitrogens is 2. The molecule has 7 N–H and O–H groups in total. The minimum atomic E-state index is -0.929. The highest BCUT2D eigenvalue weighted by molar-refractivity contribution is 6.32. The average Bonchev–Trinajstić information content (AvgIpc) is 3.59. The highest BCUT2D eigenvalue weighted by atomic mass is 35.5. The van der Waals surface area contributed by atoms with Crippen LogP contribution in [0.15, 0.2) is 30.5 Å². The topological polar surface area (TPSA) is 157 Å². The van der Waals surface area contributed by atoms with Crippen LogP contribution in [-0.4, -0.2) is 46.5 Å². The molecule has 0 saturated heterocycles. The third kappa shape index (κ3) is 4.37. The number of nitrogens with zero attached hydrogens (tertiary/aromatic N) is 2. The number of ether oxygens (including phenoxy) is 1. The molecular weight excluding hydrogens is 530 g/mol. The highest BCUT2D eigenvalue weighted by Gasteiger charge is 2.76. The largest absolute Gasteiger partial charge is 0.494 e. The van der Waals surface area contributed by atoms with E-state index in [1.807, 2.05) is 6.07 Å². The molecule has 0 radical (unpaired) electrons. The normalized spacial score (nSPS) is 29.7. The van der Waals surface area contributed by atoms with Crippen LogP contribution in [0.3, 0.4) is 0 Å². The SMILES string of the molecule is COc1c(Nc2ncc(Cl)c(N[C@@H]3[C@H]4C=C[C@H]5CC45[C@@H]3C(N)=O)n2)ccc2c1CCCC(NC(=O)C(C)(C)N)C2. The third-order valence-corrected chi connectivity index (χ3v) is 9.40. The molecule has 10 nitrogen and oxygen atoms in total. The Bertz CT molecular complexity index is 1410. The Morgan fingerprint density at radius 3 is 2.75 bits per heavy atom. The average molecular weight is 566 g/mol. The number of carbonyl (C=O) groups is 2. The highest BCUT2D eigenvalue weighted by Crippen LogP contribution is 2.76. The van der Waals surface area contributed by atoms with Gasteiger partial charge in [-0.25, -0.2) is 4.98 Å². The van der Waals surface area contributed by atoms with Gasteiger partial charge in [0.1, 0.15) is 10.8 Å². The van der Waals surface area contributed by atoms with E-state index in [0.29, 0.717) is 29.1 Å². The molecule has 2 amide bonds. The standard InChI is InChI=1S/C29H36ClN7O3/c1-28(2,32)26(39)34-16-5-4-6-17-14(11-16)7-10-20(23(17)40-3)35-27-33-13-19(30)25(37-27)36-22-18-9-8-15-12-29(15,18)21(22)24(31)38/h7-10,13,15-16,18,21-22H,4-6,11-12,32H2,1-3H3,(H2,31,38)(H,34,39)(H2,33,35,36,37)/t15-,16?,18+,21-,22+,29?/m0/s1. The first-order chi connectivity index (χ1) is 19.0. The molecule has 1 heterocycles. The lowest BCUT2D eigenvalue weighted by Gasteiger charge is -2.50. The van der Waals surface area contributed by atoms with Crippen LogP contribution in [0.25, 0.3) is 0 Å². The molecule has 1 aromatic carbocycles. The summed E-state index contributed by atoms with van der Waals surface area (Å²) >= 11 is 6.48. The molecule has 4 aliphatic carbocycles. The van der Waals surface area contributed by atoms with Crippen molar-refractivity contribution in [1.29, 1.82) is 0 Å². The van der Waals surface area contributed by atoms with Crippen molar-refractivity contribution in [2.24, 2.45) is 34.6 Å². The number of nitrogens with one attached hydrogen (secondary N) is 3. The molecule has 0 aliphatic heterocycles. The van der Waals surface area contributed by atoms with Gasteiger partial charge in [-0.05, 0) is 74.5 Å². The van der Waals surface area contributed by atoms with E-state index in [-0.39, 0.29) is 41.1 Å². The van der Waals surface area contributed by atoms with Crippen LogP contribution in [-0.2, 0) is 22.4 Å². The number of anilines is 3. The fourth-order valence-corrected chi connectivity index (χ4v) is 7.25. The van der Waals surface area contributed by atoms with Crippen molar-refractivity contribution in [1.82, 2.24) is 15.3 Å². The number of halogens is 1. The molecule has 6 rings (SSSR count). The fraction of sp³-hybridized carbons (Fsp3) is 0.517. The van der Waals surface area contributed by atoms with E-state index in [1.165, 1.54) is 0 Å². The van der Waals surface area contributed by atoms with Gasteiger partial charge in [0, 0.05) is 18.0 Å². The number of amides is 2. The van der Waals surface area contributed by atoms with Crippen LogP contribution < -0.4 is 32.2 Å². The summed E-state index contributed by atoms with van der Waals surface area (Å²) in [6, 6.07) is 3.84. The molecule has 1 spiro atoms. The summed E-state index contributed by atoms with van der Waals surface area (Å²) in [6.45, 7) is 3.42.